The summed E-state index contributed by atoms with van der Waals surface area (Å²) in [5, 5.41) is 8.75. The van der Waals surface area contributed by atoms with Gasteiger partial charge in [0.1, 0.15) is 17.7 Å². The lowest BCUT2D eigenvalue weighted by atomic mass is 10.3. The van der Waals surface area contributed by atoms with Gasteiger partial charge in [0, 0.05) is 6.20 Å². The molecule has 0 aliphatic rings. The summed E-state index contributed by atoms with van der Waals surface area (Å²) >= 11 is 0. The first-order valence-corrected chi connectivity index (χ1v) is 3.87. The molecular weight excluding hydrogens is 168 g/mol. The van der Waals surface area contributed by atoms with Crippen LogP contribution in [0.2, 0.25) is 0 Å². The third kappa shape index (κ3) is 1.57. The van der Waals surface area contributed by atoms with Crippen LogP contribution in [0.15, 0.2) is 35.1 Å². The Labute approximate surface area is 74.9 Å². The molecule has 0 aromatic carbocycles. The normalized spacial score (nSPS) is 10.2. The number of rotatable bonds is 2. The molecule has 0 amide bonds. The van der Waals surface area contributed by atoms with Crippen molar-refractivity contribution >= 4 is 0 Å². The number of oxazole rings is 1. The van der Waals surface area contributed by atoms with Crippen LogP contribution in [-0.2, 0) is 6.61 Å². The van der Waals surface area contributed by atoms with E-state index in [4.69, 9.17) is 9.52 Å². The van der Waals surface area contributed by atoms with E-state index in [-0.39, 0.29) is 6.61 Å². The summed E-state index contributed by atoms with van der Waals surface area (Å²) in [6.45, 7) is -0.115. The minimum Gasteiger partial charge on any atom is -0.443 e. The lowest BCUT2D eigenvalue weighted by Gasteiger charge is -1.90. The molecule has 0 unspecified atom stereocenters. The molecule has 2 aromatic heterocycles. The van der Waals surface area contributed by atoms with Crippen molar-refractivity contribution in [1.82, 2.24) is 9.97 Å². The summed E-state index contributed by atoms with van der Waals surface area (Å²) in [4.78, 5) is 8.08. The van der Waals surface area contributed by atoms with E-state index in [1.165, 1.54) is 6.26 Å². The van der Waals surface area contributed by atoms with E-state index >= 15 is 0 Å². The lowest BCUT2D eigenvalue weighted by molar-refractivity contribution is 0.276. The maximum absolute atomic E-state index is 8.75. The first-order valence-electron chi connectivity index (χ1n) is 3.87. The number of hydrogen-bond donors (Lipinski definition) is 1. The van der Waals surface area contributed by atoms with Gasteiger partial charge in [-0.1, -0.05) is 6.07 Å². The van der Waals surface area contributed by atoms with Gasteiger partial charge < -0.3 is 9.52 Å². The van der Waals surface area contributed by atoms with E-state index in [1.807, 2.05) is 12.1 Å². The van der Waals surface area contributed by atoms with Gasteiger partial charge in [0.15, 0.2) is 0 Å². The largest absolute Gasteiger partial charge is 0.443 e. The first kappa shape index (κ1) is 7.94. The van der Waals surface area contributed by atoms with Crippen molar-refractivity contribution in [3.8, 4) is 11.6 Å². The Balaban J connectivity index is 2.36. The van der Waals surface area contributed by atoms with E-state index < -0.39 is 0 Å². The Hall–Kier alpha value is -1.68. The molecule has 0 saturated heterocycles. The molecule has 0 aliphatic carbocycles. The van der Waals surface area contributed by atoms with Crippen LogP contribution in [-0.4, -0.2) is 15.1 Å². The second-order valence-corrected chi connectivity index (χ2v) is 2.52. The summed E-state index contributed by atoms with van der Waals surface area (Å²) in [5.74, 6) is 0.435. The monoisotopic (exact) mass is 176 g/mol. The predicted molar refractivity (Wildman–Crippen MR) is 45.7 cm³/mol. The molecule has 0 bridgehead atoms. The Morgan fingerprint density at radius 2 is 2.31 bits per heavy atom. The maximum atomic E-state index is 8.75. The Kier molecular flexibility index (Phi) is 2.06. The molecular formula is C9H8N2O2. The summed E-state index contributed by atoms with van der Waals surface area (Å²) in [7, 11) is 0. The first-order chi connectivity index (χ1) is 6.40. The zero-order chi connectivity index (χ0) is 9.10. The highest BCUT2D eigenvalue weighted by Gasteiger charge is 2.05. The fourth-order valence-corrected chi connectivity index (χ4v) is 0.987. The fraction of sp³-hybridized carbons (Fsp3) is 0.111. The molecule has 66 valence electrons. The molecule has 2 aromatic rings. The summed E-state index contributed by atoms with van der Waals surface area (Å²) in [6.07, 6.45) is 3.09. The molecule has 4 nitrogen and oxygen atoms in total. The Morgan fingerprint density at radius 1 is 1.38 bits per heavy atom. The fourth-order valence-electron chi connectivity index (χ4n) is 0.987. The maximum Gasteiger partial charge on any atom is 0.245 e. The van der Waals surface area contributed by atoms with Crippen LogP contribution in [0.5, 0.6) is 0 Å². The molecule has 4 heteroatoms. The molecule has 0 radical (unpaired) electrons. The van der Waals surface area contributed by atoms with Gasteiger partial charge in [0.05, 0.1) is 6.61 Å². The van der Waals surface area contributed by atoms with Crippen LogP contribution in [0.1, 0.15) is 5.69 Å². The van der Waals surface area contributed by atoms with E-state index in [0.717, 1.165) is 0 Å². The number of nitrogens with zero attached hydrogens (tertiary/aromatic N) is 2. The van der Waals surface area contributed by atoms with E-state index in [2.05, 4.69) is 9.97 Å². The number of aromatic nitrogens is 2. The average Bonchev–Trinajstić information content (AvgIpc) is 2.67. The van der Waals surface area contributed by atoms with Gasteiger partial charge in [-0.3, -0.25) is 4.98 Å². The molecule has 1 N–H and O–H groups in total. The summed E-state index contributed by atoms with van der Waals surface area (Å²) < 4.78 is 5.11. The van der Waals surface area contributed by atoms with Crippen molar-refractivity contribution in [1.29, 1.82) is 0 Å². The minimum absolute atomic E-state index is 0.115. The third-order valence-electron chi connectivity index (χ3n) is 1.60. The number of pyridine rings is 1. The van der Waals surface area contributed by atoms with E-state index in [9.17, 15) is 0 Å². The number of aliphatic hydroxyl groups is 1. The second kappa shape index (κ2) is 3.37. The van der Waals surface area contributed by atoms with Crippen molar-refractivity contribution < 1.29 is 9.52 Å². The molecule has 0 fully saturated rings. The molecule has 0 saturated carbocycles. The van der Waals surface area contributed by atoms with Gasteiger partial charge in [-0.2, -0.15) is 0 Å². The standard InChI is InChI=1S/C9H8N2O2/c12-5-7-6-13-9(11-7)8-3-1-2-4-10-8/h1-4,6,12H,5H2. The van der Waals surface area contributed by atoms with E-state index in [0.29, 0.717) is 17.3 Å². The SMILES string of the molecule is OCc1coc(-c2ccccn2)n1. The molecule has 0 atom stereocenters. The second-order valence-electron chi connectivity index (χ2n) is 2.52. The molecule has 13 heavy (non-hydrogen) atoms. The van der Waals surface area contributed by atoms with Gasteiger partial charge in [0.25, 0.3) is 0 Å². The predicted octanol–water partition coefficient (Wildman–Crippen LogP) is 1.23. The smallest absolute Gasteiger partial charge is 0.245 e. The van der Waals surface area contributed by atoms with Crippen molar-refractivity contribution in [3.63, 3.8) is 0 Å². The molecule has 2 heterocycles. The van der Waals surface area contributed by atoms with Gasteiger partial charge >= 0.3 is 0 Å². The van der Waals surface area contributed by atoms with Crippen LogP contribution in [0.4, 0.5) is 0 Å². The Bertz CT molecular complexity index is 384. The van der Waals surface area contributed by atoms with Gasteiger partial charge in [0.2, 0.25) is 5.89 Å². The quantitative estimate of drug-likeness (QED) is 0.747. The van der Waals surface area contributed by atoms with Gasteiger partial charge in [-0.15, -0.1) is 0 Å². The van der Waals surface area contributed by atoms with E-state index in [1.54, 1.807) is 12.3 Å². The van der Waals surface area contributed by atoms with Crippen molar-refractivity contribution in [2.75, 3.05) is 0 Å². The summed E-state index contributed by atoms with van der Waals surface area (Å²) in [6, 6.07) is 5.47. The summed E-state index contributed by atoms with van der Waals surface area (Å²) in [5.41, 5.74) is 1.18. The van der Waals surface area contributed by atoms with Crippen molar-refractivity contribution in [3.05, 3.63) is 36.4 Å². The van der Waals surface area contributed by atoms with Crippen LogP contribution < -0.4 is 0 Å². The minimum atomic E-state index is -0.115. The van der Waals surface area contributed by atoms with Gasteiger partial charge in [-0.05, 0) is 12.1 Å². The zero-order valence-corrected chi connectivity index (χ0v) is 6.84. The molecule has 0 aliphatic heterocycles. The highest BCUT2D eigenvalue weighted by Crippen LogP contribution is 2.14. The number of aliphatic hydroxyl groups excluding tert-OH is 1. The Morgan fingerprint density at radius 3 is 2.92 bits per heavy atom. The molecule has 2 rings (SSSR count). The topological polar surface area (TPSA) is 59.2 Å². The van der Waals surface area contributed by atoms with Gasteiger partial charge in [-0.25, -0.2) is 4.98 Å². The van der Waals surface area contributed by atoms with Crippen molar-refractivity contribution in [2.24, 2.45) is 0 Å². The third-order valence-corrected chi connectivity index (χ3v) is 1.60. The average molecular weight is 176 g/mol. The van der Waals surface area contributed by atoms with Crippen LogP contribution in [0.3, 0.4) is 0 Å². The highest BCUT2D eigenvalue weighted by molar-refractivity contribution is 5.45. The lowest BCUT2D eigenvalue weighted by Crippen LogP contribution is -1.84. The number of hydrogen-bond acceptors (Lipinski definition) is 4. The highest BCUT2D eigenvalue weighted by atomic mass is 16.3. The van der Waals surface area contributed by atoms with Crippen LogP contribution in [0, 0.1) is 0 Å². The van der Waals surface area contributed by atoms with Crippen LogP contribution in [0.25, 0.3) is 11.6 Å². The van der Waals surface area contributed by atoms with Crippen molar-refractivity contribution in [2.45, 2.75) is 6.61 Å². The van der Waals surface area contributed by atoms with Crippen LogP contribution >= 0.6 is 0 Å². The molecule has 0 spiro atoms. The zero-order valence-electron chi connectivity index (χ0n) is 6.84.